The molecule has 2 aromatic rings. The molecule has 1 aromatic carbocycles. The molecule has 0 saturated heterocycles. The number of hydrogen-bond donors (Lipinski definition) is 3. The van der Waals surface area contributed by atoms with Gasteiger partial charge in [0.15, 0.2) is 5.82 Å². The van der Waals surface area contributed by atoms with E-state index in [9.17, 15) is 12.8 Å². The minimum atomic E-state index is -4.12. The SMILES string of the molecule is CCC(NS(=O)(=O)c1cc(N)cc(Cl)c1F)c1ncc[nH]1. The predicted octanol–water partition coefficient (Wildman–Crippen LogP) is 2.21. The fraction of sp³-hybridized carbons (Fsp3) is 0.250. The lowest BCUT2D eigenvalue weighted by Crippen LogP contribution is -2.29. The molecule has 9 heteroatoms. The van der Waals surface area contributed by atoms with E-state index in [-0.39, 0.29) is 10.7 Å². The lowest BCUT2D eigenvalue weighted by molar-refractivity contribution is 0.527. The van der Waals surface area contributed by atoms with Crippen LogP contribution in [0.3, 0.4) is 0 Å². The summed E-state index contributed by atoms with van der Waals surface area (Å²) in [6.45, 7) is 1.78. The van der Waals surface area contributed by atoms with Crippen LogP contribution in [0.4, 0.5) is 10.1 Å². The van der Waals surface area contributed by atoms with Gasteiger partial charge in [-0.15, -0.1) is 0 Å². The number of nitrogen functional groups attached to an aromatic ring is 1. The maximum Gasteiger partial charge on any atom is 0.244 e. The zero-order chi connectivity index (χ0) is 15.6. The van der Waals surface area contributed by atoms with Crippen molar-refractivity contribution in [1.29, 1.82) is 0 Å². The van der Waals surface area contributed by atoms with E-state index in [1.165, 1.54) is 6.20 Å². The van der Waals surface area contributed by atoms with Gasteiger partial charge in [0.25, 0.3) is 0 Å². The van der Waals surface area contributed by atoms with E-state index in [1.807, 2.05) is 0 Å². The van der Waals surface area contributed by atoms with E-state index in [0.29, 0.717) is 12.2 Å². The summed E-state index contributed by atoms with van der Waals surface area (Å²) < 4.78 is 41.0. The topological polar surface area (TPSA) is 101 Å². The van der Waals surface area contributed by atoms with Crippen LogP contribution in [0.2, 0.25) is 5.02 Å². The van der Waals surface area contributed by atoms with Crippen LogP contribution in [0.1, 0.15) is 25.2 Å². The van der Waals surface area contributed by atoms with Crippen molar-refractivity contribution in [2.75, 3.05) is 5.73 Å². The van der Waals surface area contributed by atoms with Gasteiger partial charge in [0.05, 0.1) is 11.1 Å². The van der Waals surface area contributed by atoms with Crippen molar-refractivity contribution in [1.82, 2.24) is 14.7 Å². The lowest BCUT2D eigenvalue weighted by atomic mass is 10.2. The molecular weight excluding hydrogens is 319 g/mol. The molecule has 0 spiro atoms. The Bertz CT molecular complexity index is 734. The lowest BCUT2D eigenvalue weighted by Gasteiger charge is -2.16. The molecule has 1 unspecified atom stereocenters. The highest BCUT2D eigenvalue weighted by Gasteiger charge is 2.26. The fourth-order valence-electron chi connectivity index (χ4n) is 1.83. The van der Waals surface area contributed by atoms with Gasteiger partial charge in [-0.1, -0.05) is 18.5 Å². The number of imidazole rings is 1. The van der Waals surface area contributed by atoms with Gasteiger partial charge in [-0.25, -0.2) is 22.5 Å². The van der Waals surface area contributed by atoms with Gasteiger partial charge in [0.1, 0.15) is 10.7 Å². The average molecular weight is 333 g/mol. The first-order valence-electron chi connectivity index (χ1n) is 6.11. The average Bonchev–Trinajstić information content (AvgIpc) is 2.94. The fourth-order valence-corrected chi connectivity index (χ4v) is 3.53. The summed E-state index contributed by atoms with van der Waals surface area (Å²) in [7, 11) is -4.12. The quantitative estimate of drug-likeness (QED) is 0.731. The third kappa shape index (κ3) is 3.34. The molecule has 0 radical (unpaired) electrons. The molecule has 1 heterocycles. The molecule has 1 aromatic heterocycles. The Labute approximate surface area is 126 Å². The normalized spacial score (nSPS) is 13.3. The third-order valence-corrected chi connectivity index (χ3v) is 4.61. The van der Waals surface area contributed by atoms with Crippen LogP contribution >= 0.6 is 11.6 Å². The summed E-state index contributed by atoms with van der Waals surface area (Å²) in [5, 5.41) is -0.346. The van der Waals surface area contributed by atoms with Gasteiger partial charge < -0.3 is 10.7 Å². The molecule has 6 nitrogen and oxygen atoms in total. The Morgan fingerprint density at radius 3 is 2.81 bits per heavy atom. The number of nitrogens with two attached hydrogens (primary N) is 1. The highest BCUT2D eigenvalue weighted by Crippen LogP contribution is 2.27. The van der Waals surface area contributed by atoms with Crippen molar-refractivity contribution >= 4 is 27.3 Å². The molecule has 0 aliphatic carbocycles. The van der Waals surface area contributed by atoms with Crippen molar-refractivity contribution < 1.29 is 12.8 Å². The van der Waals surface area contributed by atoms with Crippen LogP contribution in [0.15, 0.2) is 29.4 Å². The molecule has 0 aliphatic rings. The number of sulfonamides is 1. The zero-order valence-electron chi connectivity index (χ0n) is 11.1. The molecule has 21 heavy (non-hydrogen) atoms. The Morgan fingerprint density at radius 2 is 2.24 bits per heavy atom. The second-order valence-electron chi connectivity index (χ2n) is 4.37. The molecule has 0 bridgehead atoms. The van der Waals surface area contributed by atoms with Crippen LogP contribution in [0.25, 0.3) is 0 Å². The highest BCUT2D eigenvalue weighted by atomic mass is 35.5. The molecule has 0 fully saturated rings. The van der Waals surface area contributed by atoms with Gasteiger partial charge >= 0.3 is 0 Å². The van der Waals surface area contributed by atoms with Crippen LogP contribution in [0.5, 0.6) is 0 Å². The number of halogens is 2. The monoisotopic (exact) mass is 332 g/mol. The molecule has 0 saturated carbocycles. The van der Waals surface area contributed by atoms with Crippen LogP contribution in [0, 0.1) is 5.82 Å². The van der Waals surface area contributed by atoms with Crippen LogP contribution < -0.4 is 10.5 Å². The maximum atomic E-state index is 13.9. The Morgan fingerprint density at radius 1 is 1.52 bits per heavy atom. The van der Waals surface area contributed by atoms with Crippen molar-refractivity contribution in [3.8, 4) is 0 Å². The van der Waals surface area contributed by atoms with E-state index in [1.54, 1.807) is 13.1 Å². The summed E-state index contributed by atoms with van der Waals surface area (Å²) >= 11 is 5.63. The molecule has 4 N–H and O–H groups in total. The predicted molar refractivity (Wildman–Crippen MR) is 77.8 cm³/mol. The number of H-pyrrole nitrogens is 1. The molecule has 114 valence electrons. The molecular formula is C12H14ClFN4O2S. The number of nitrogens with zero attached hydrogens (tertiary/aromatic N) is 1. The van der Waals surface area contributed by atoms with Crippen molar-refractivity contribution in [3.05, 3.63) is 41.2 Å². The first-order chi connectivity index (χ1) is 9.85. The summed E-state index contributed by atoms with van der Waals surface area (Å²) in [5.41, 5.74) is 5.58. The van der Waals surface area contributed by atoms with Crippen LogP contribution in [-0.2, 0) is 10.0 Å². The summed E-state index contributed by atoms with van der Waals surface area (Å²) in [5.74, 6) is -0.593. The minimum Gasteiger partial charge on any atom is -0.399 e. The number of rotatable bonds is 5. The Balaban J connectivity index is 2.39. The Kier molecular flexibility index (Phi) is 4.50. The van der Waals surface area contributed by atoms with Gasteiger partial charge in [-0.2, -0.15) is 0 Å². The number of aromatic amines is 1. The number of benzene rings is 1. The second-order valence-corrected chi connectivity index (χ2v) is 6.46. The van der Waals surface area contributed by atoms with E-state index in [4.69, 9.17) is 17.3 Å². The van der Waals surface area contributed by atoms with Gasteiger partial charge in [0.2, 0.25) is 10.0 Å². The van der Waals surface area contributed by atoms with Crippen molar-refractivity contribution in [2.45, 2.75) is 24.3 Å². The summed E-state index contributed by atoms with van der Waals surface area (Å²) in [6.07, 6.45) is 3.51. The highest BCUT2D eigenvalue weighted by molar-refractivity contribution is 7.89. The van der Waals surface area contributed by atoms with Gasteiger partial charge in [-0.3, -0.25) is 0 Å². The third-order valence-electron chi connectivity index (χ3n) is 2.86. The zero-order valence-corrected chi connectivity index (χ0v) is 12.7. The van der Waals surface area contributed by atoms with E-state index < -0.39 is 26.8 Å². The van der Waals surface area contributed by atoms with Gasteiger partial charge in [0, 0.05) is 18.1 Å². The molecule has 1 atom stereocenters. The van der Waals surface area contributed by atoms with Crippen LogP contribution in [-0.4, -0.2) is 18.4 Å². The standard InChI is InChI=1S/C12H14ClFN4O2S/c1-2-9(12-16-3-4-17-12)18-21(19,20)10-6-7(15)5-8(13)11(10)14/h3-6,9,18H,2,15H2,1H3,(H,16,17). The number of hydrogen-bond acceptors (Lipinski definition) is 4. The van der Waals surface area contributed by atoms with Crippen molar-refractivity contribution in [2.24, 2.45) is 0 Å². The summed E-state index contributed by atoms with van der Waals surface area (Å²) in [4.78, 5) is 6.23. The van der Waals surface area contributed by atoms with E-state index in [2.05, 4.69) is 14.7 Å². The second kappa shape index (κ2) is 6.00. The molecule has 2 rings (SSSR count). The van der Waals surface area contributed by atoms with Gasteiger partial charge in [-0.05, 0) is 18.6 Å². The molecule has 0 amide bonds. The van der Waals surface area contributed by atoms with Crippen molar-refractivity contribution in [3.63, 3.8) is 0 Å². The number of anilines is 1. The summed E-state index contributed by atoms with van der Waals surface area (Å²) in [6, 6.07) is 1.57. The largest absolute Gasteiger partial charge is 0.399 e. The number of nitrogens with one attached hydrogen (secondary N) is 2. The molecule has 0 aliphatic heterocycles. The maximum absolute atomic E-state index is 13.9. The Hall–Kier alpha value is -1.64. The smallest absolute Gasteiger partial charge is 0.244 e. The van der Waals surface area contributed by atoms with E-state index in [0.717, 1.165) is 12.1 Å². The minimum absolute atomic E-state index is 0.0628. The first-order valence-corrected chi connectivity index (χ1v) is 7.97. The first kappa shape index (κ1) is 15.7. The van der Waals surface area contributed by atoms with E-state index >= 15 is 0 Å². The number of aromatic nitrogens is 2.